The van der Waals surface area contributed by atoms with Crippen LogP contribution in [0.2, 0.25) is 0 Å². The minimum Gasteiger partial charge on any atom is -0.393 e. The predicted octanol–water partition coefficient (Wildman–Crippen LogP) is 0.589. The van der Waals surface area contributed by atoms with E-state index < -0.39 is 6.04 Å². The zero-order valence-electron chi connectivity index (χ0n) is 10.7. The average molecular weight is 228 g/mol. The van der Waals surface area contributed by atoms with Crippen molar-refractivity contribution in [3.05, 3.63) is 0 Å². The third kappa shape index (κ3) is 3.19. The van der Waals surface area contributed by atoms with E-state index in [4.69, 9.17) is 5.73 Å². The number of carbonyl (C=O) groups excluding carboxylic acids is 1. The molecule has 0 aromatic carbocycles. The van der Waals surface area contributed by atoms with E-state index in [1.807, 2.05) is 20.8 Å². The van der Waals surface area contributed by atoms with Gasteiger partial charge in [-0.2, -0.15) is 0 Å². The number of rotatable bonds is 3. The number of carbonyl (C=O) groups is 1. The molecule has 1 atom stereocenters. The third-order valence-electron chi connectivity index (χ3n) is 3.32. The van der Waals surface area contributed by atoms with Crippen LogP contribution in [0.5, 0.6) is 0 Å². The molecule has 1 aliphatic carbocycles. The average Bonchev–Trinajstić information content (AvgIpc) is 2.11. The molecule has 0 radical (unpaired) electrons. The minimum absolute atomic E-state index is 0.00566. The van der Waals surface area contributed by atoms with Crippen LogP contribution in [0.25, 0.3) is 0 Å². The van der Waals surface area contributed by atoms with Crippen molar-refractivity contribution in [3.63, 3.8) is 0 Å². The van der Waals surface area contributed by atoms with E-state index in [1.54, 1.807) is 11.9 Å². The van der Waals surface area contributed by atoms with Crippen LogP contribution in [0.15, 0.2) is 0 Å². The molecular weight excluding hydrogens is 204 g/mol. The lowest BCUT2D eigenvalue weighted by Gasteiger charge is -2.36. The van der Waals surface area contributed by atoms with Crippen LogP contribution in [0.4, 0.5) is 0 Å². The van der Waals surface area contributed by atoms with Crippen LogP contribution in [0.1, 0.15) is 33.6 Å². The summed E-state index contributed by atoms with van der Waals surface area (Å²) in [6, 6.07) is -0.456. The molecule has 0 aromatic heterocycles. The highest BCUT2D eigenvalue weighted by molar-refractivity contribution is 5.82. The molecule has 94 valence electrons. The fourth-order valence-corrected chi connectivity index (χ4v) is 1.93. The van der Waals surface area contributed by atoms with Crippen molar-refractivity contribution in [2.45, 2.75) is 45.8 Å². The fourth-order valence-electron chi connectivity index (χ4n) is 1.93. The second-order valence-electron chi connectivity index (χ2n) is 6.05. The molecule has 1 fully saturated rings. The normalized spacial score (nSPS) is 27.1. The second kappa shape index (κ2) is 4.72. The Balaban J connectivity index is 2.41. The Morgan fingerprint density at radius 2 is 2.00 bits per heavy atom. The molecule has 0 unspecified atom stereocenters. The van der Waals surface area contributed by atoms with Gasteiger partial charge in [-0.05, 0) is 24.2 Å². The number of aliphatic hydroxyl groups is 1. The van der Waals surface area contributed by atoms with E-state index in [-0.39, 0.29) is 17.4 Å². The van der Waals surface area contributed by atoms with E-state index in [0.29, 0.717) is 12.5 Å². The first-order valence-corrected chi connectivity index (χ1v) is 5.90. The van der Waals surface area contributed by atoms with Gasteiger partial charge in [-0.15, -0.1) is 0 Å². The summed E-state index contributed by atoms with van der Waals surface area (Å²) in [6.07, 6.45) is 1.45. The first-order valence-electron chi connectivity index (χ1n) is 5.90. The van der Waals surface area contributed by atoms with Crippen molar-refractivity contribution in [3.8, 4) is 0 Å². The van der Waals surface area contributed by atoms with Crippen LogP contribution >= 0.6 is 0 Å². The molecule has 1 rings (SSSR count). The van der Waals surface area contributed by atoms with Gasteiger partial charge in [0.2, 0.25) is 5.91 Å². The molecule has 3 N–H and O–H groups in total. The minimum atomic E-state index is -0.456. The van der Waals surface area contributed by atoms with E-state index in [2.05, 4.69) is 0 Å². The van der Waals surface area contributed by atoms with Gasteiger partial charge >= 0.3 is 0 Å². The Morgan fingerprint density at radius 3 is 2.38 bits per heavy atom. The van der Waals surface area contributed by atoms with E-state index in [0.717, 1.165) is 12.8 Å². The zero-order chi connectivity index (χ0) is 12.5. The Morgan fingerprint density at radius 1 is 1.50 bits per heavy atom. The summed E-state index contributed by atoms with van der Waals surface area (Å²) >= 11 is 0. The van der Waals surface area contributed by atoms with Gasteiger partial charge in [-0.1, -0.05) is 20.8 Å². The summed E-state index contributed by atoms with van der Waals surface area (Å²) in [7, 11) is 1.79. The highest BCUT2D eigenvalue weighted by Crippen LogP contribution is 2.28. The van der Waals surface area contributed by atoms with Crippen LogP contribution in [0, 0.1) is 11.3 Å². The molecule has 1 aliphatic rings. The second-order valence-corrected chi connectivity index (χ2v) is 6.05. The third-order valence-corrected chi connectivity index (χ3v) is 3.32. The molecular formula is C12H24N2O2. The molecule has 1 saturated carbocycles. The number of likely N-dealkylation sites (N-methyl/N-ethyl adjacent to an activating group) is 1. The van der Waals surface area contributed by atoms with Gasteiger partial charge in [-0.3, -0.25) is 4.79 Å². The molecule has 0 heterocycles. The monoisotopic (exact) mass is 228 g/mol. The maximum Gasteiger partial charge on any atom is 0.239 e. The first-order chi connectivity index (χ1) is 7.21. The number of hydrogen-bond acceptors (Lipinski definition) is 3. The zero-order valence-corrected chi connectivity index (χ0v) is 10.7. The van der Waals surface area contributed by atoms with Crippen molar-refractivity contribution in [2.24, 2.45) is 17.1 Å². The molecule has 4 nitrogen and oxygen atoms in total. The topological polar surface area (TPSA) is 66.6 Å². The lowest BCUT2D eigenvalue weighted by molar-refractivity contribution is -0.135. The Bertz CT molecular complexity index is 254. The number of amides is 1. The van der Waals surface area contributed by atoms with Gasteiger partial charge in [0.25, 0.3) is 0 Å². The SMILES string of the molecule is CN(CC1CC(O)C1)C(=O)[C@H](N)C(C)(C)C. The summed E-state index contributed by atoms with van der Waals surface area (Å²) < 4.78 is 0. The predicted molar refractivity (Wildman–Crippen MR) is 63.8 cm³/mol. The van der Waals surface area contributed by atoms with Gasteiger partial charge in [0, 0.05) is 13.6 Å². The molecule has 0 saturated heterocycles. The van der Waals surface area contributed by atoms with Crippen molar-refractivity contribution in [1.82, 2.24) is 4.90 Å². The quantitative estimate of drug-likeness (QED) is 0.743. The Kier molecular flexibility index (Phi) is 3.97. The maximum atomic E-state index is 12.0. The molecule has 0 aliphatic heterocycles. The number of aliphatic hydroxyl groups excluding tert-OH is 1. The van der Waals surface area contributed by atoms with Gasteiger partial charge in [0.1, 0.15) is 0 Å². The number of nitrogens with two attached hydrogens (primary N) is 1. The summed E-state index contributed by atoms with van der Waals surface area (Å²) in [5.41, 5.74) is 5.71. The molecule has 1 amide bonds. The number of hydrogen-bond donors (Lipinski definition) is 2. The Hall–Kier alpha value is -0.610. The van der Waals surface area contributed by atoms with Gasteiger partial charge in [-0.25, -0.2) is 0 Å². The largest absolute Gasteiger partial charge is 0.393 e. The van der Waals surface area contributed by atoms with Crippen LogP contribution in [-0.4, -0.2) is 41.7 Å². The van der Waals surface area contributed by atoms with E-state index >= 15 is 0 Å². The van der Waals surface area contributed by atoms with E-state index in [9.17, 15) is 9.90 Å². The Labute approximate surface area is 97.8 Å². The van der Waals surface area contributed by atoms with Crippen LogP contribution in [-0.2, 0) is 4.79 Å². The van der Waals surface area contributed by atoms with Crippen molar-refractivity contribution >= 4 is 5.91 Å². The summed E-state index contributed by atoms with van der Waals surface area (Å²) in [5, 5.41) is 9.18. The lowest BCUT2D eigenvalue weighted by Crippen LogP contribution is -2.51. The van der Waals surface area contributed by atoms with Crippen LogP contribution in [0.3, 0.4) is 0 Å². The molecule has 16 heavy (non-hydrogen) atoms. The number of nitrogens with zero attached hydrogens (tertiary/aromatic N) is 1. The highest BCUT2D eigenvalue weighted by Gasteiger charge is 2.33. The fraction of sp³-hybridized carbons (Fsp3) is 0.917. The molecule has 0 bridgehead atoms. The molecule has 4 heteroatoms. The molecule has 0 spiro atoms. The van der Waals surface area contributed by atoms with Crippen molar-refractivity contribution < 1.29 is 9.90 Å². The lowest BCUT2D eigenvalue weighted by atomic mass is 9.81. The van der Waals surface area contributed by atoms with Gasteiger partial charge in [0.05, 0.1) is 12.1 Å². The molecule has 0 aromatic rings. The summed E-state index contributed by atoms with van der Waals surface area (Å²) in [4.78, 5) is 13.7. The van der Waals surface area contributed by atoms with Crippen LogP contribution < -0.4 is 5.73 Å². The maximum absolute atomic E-state index is 12.0. The standard InChI is InChI=1S/C12H24N2O2/c1-12(2,3)10(13)11(16)14(4)7-8-5-9(15)6-8/h8-10,15H,5-7,13H2,1-4H3/t8?,9?,10-/m0/s1. The van der Waals surface area contributed by atoms with Gasteiger partial charge < -0.3 is 15.7 Å². The summed E-state index contributed by atoms with van der Waals surface area (Å²) in [6.45, 7) is 6.61. The first kappa shape index (κ1) is 13.5. The van der Waals surface area contributed by atoms with Gasteiger partial charge in [0.15, 0.2) is 0 Å². The highest BCUT2D eigenvalue weighted by atomic mass is 16.3. The smallest absolute Gasteiger partial charge is 0.239 e. The van der Waals surface area contributed by atoms with Crippen molar-refractivity contribution in [2.75, 3.05) is 13.6 Å². The van der Waals surface area contributed by atoms with Crippen molar-refractivity contribution in [1.29, 1.82) is 0 Å². The summed E-state index contributed by atoms with van der Waals surface area (Å²) in [5.74, 6) is 0.435. The van der Waals surface area contributed by atoms with E-state index in [1.165, 1.54) is 0 Å².